The van der Waals surface area contributed by atoms with Gasteiger partial charge in [0.15, 0.2) is 5.96 Å². The van der Waals surface area contributed by atoms with Gasteiger partial charge in [0.2, 0.25) is 5.91 Å². The molecule has 0 aliphatic carbocycles. The molecule has 0 fully saturated rings. The van der Waals surface area contributed by atoms with E-state index in [0.29, 0.717) is 0 Å². The Bertz CT molecular complexity index is 165. The number of carbonyl (C=O) groups excluding carboxylic acids is 1. The SMILES string of the molecule is CCC(C)N=C(N)NC(C)=O. The van der Waals surface area contributed by atoms with E-state index in [2.05, 4.69) is 10.3 Å². The molecule has 0 aromatic rings. The Hall–Kier alpha value is -1.06. The van der Waals surface area contributed by atoms with Crippen LogP contribution in [-0.2, 0) is 4.79 Å². The number of hydrogen-bond acceptors (Lipinski definition) is 2. The molecule has 1 atom stereocenters. The van der Waals surface area contributed by atoms with Crippen molar-refractivity contribution in [3.8, 4) is 0 Å². The minimum atomic E-state index is -0.186. The number of nitrogens with zero attached hydrogens (tertiary/aromatic N) is 1. The average molecular weight is 157 g/mol. The molecule has 64 valence electrons. The van der Waals surface area contributed by atoms with Crippen molar-refractivity contribution in [2.24, 2.45) is 10.7 Å². The highest BCUT2D eigenvalue weighted by molar-refractivity contribution is 5.94. The molecule has 0 spiro atoms. The zero-order valence-corrected chi connectivity index (χ0v) is 7.22. The van der Waals surface area contributed by atoms with Crippen molar-refractivity contribution in [1.29, 1.82) is 0 Å². The van der Waals surface area contributed by atoms with Gasteiger partial charge in [-0.1, -0.05) is 6.92 Å². The summed E-state index contributed by atoms with van der Waals surface area (Å²) in [6, 6.07) is 0.168. The van der Waals surface area contributed by atoms with Crippen LogP contribution >= 0.6 is 0 Å². The molecule has 4 heteroatoms. The molecule has 0 saturated carbocycles. The number of nitrogens with two attached hydrogens (primary N) is 1. The number of rotatable bonds is 2. The van der Waals surface area contributed by atoms with Gasteiger partial charge in [-0.05, 0) is 13.3 Å². The largest absolute Gasteiger partial charge is 0.370 e. The second kappa shape index (κ2) is 4.71. The number of nitrogens with one attached hydrogen (secondary N) is 1. The van der Waals surface area contributed by atoms with Gasteiger partial charge >= 0.3 is 0 Å². The van der Waals surface area contributed by atoms with Crippen LogP contribution < -0.4 is 11.1 Å². The van der Waals surface area contributed by atoms with Crippen LogP contribution in [0.1, 0.15) is 27.2 Å². The fourth-order valence-electron chi connectivity index (χ4n) is 0.541. The molecule has 11 heavy (non-hydrogen) atoms. The molecule has 4 nitrogen and oxygen atoms in total. The van der Waals surface area contributed by atoms with Gasteiger partial charge in [-0.2, -0.15) is 0 Å². The fraction of sp³-hybridized carbons (Fsp3) is 0.714. The lowest BCUT2D eigenvalue weighted by Crippen LogP contribution is -2.35. The smallest absolute Gasteiger partial charge is 0.223 e. The van der Waals surface area contributed by atoms with Crippen LogP contribution in [0.15, 0.2) is 4.99 Å². The lowest BCUT2D eigenvalue weighted by Gasteiger charge is -2.04. The van der Waals surface area contributed by atoms with E-state index in [4.69, 9.17) is 5.73 Å². The molecule has 3 N–H and O–H groups in total. The Kier molecular flexibility index (Phi) is 4.26. The molecule has 1 amide bonds. The summed E-state index contributed by atoms with van der Waals surface area (Å²) >= 11 is 0. The fourth-order valence-corrected chi connectivity index (χ4v) is 0.541. The standard InChI is InChI=1S/C7H15N3O/c1-4-5(2)9-7(8)10-6(3)11/h5H,4H2,1-3H3,(H3,8,9,10,11). The molecule has 0 saturated heterocycles. The van der Waals surface area contributed by atoms with E-state index in [1.165, 1.54) is 6.92 Å². The second-order valence-corrected chi connectivity index (χ2v) is 2.45. The molecule has 0 bridgehead atoms. The molecule has 0 aliphatic rings. The maximum absolute atomic E-state index is 10.5. The maximum Gasteiger partial charge on any atom is 0.223 e. The molecular formula is C7H15N3O. The first-order chi connectivity index (χ1) is 5.06. The Morgan fingerprint density at radius 1 is 1.73 bits per heavy atom. The van der Waals surface area contributed by atoms with E-state index in [1.54, 1.807) is 0 Å². The molecule has 0 aliphatic heterocycles. The zero-order chi connectivity index (χ0) is 8.85. The Morgan fingerprint density at radius 2 is 2.27 bits per heavy atom. The van der Waals surface area contributed by atoms with Crippen molar-refractivity contribution in [1.82, 2.24) is 5.32 Å². The summed E-state index contributed by atoms with van der Waals surface area (Å²) in [5.74, 6) is 0.0152. The van der Waals surface area contributed by atoms with Gasteiger partial charge in [-0.15, -0.1) is 0 Å². The van der Waals surface area contributed by atoms with Gasteiger partial charge < -0.3 is 5.73 Å². The van der Waals surface area contributed by atoms with Gasteiger partial charge in [-0.3, -0.25) is 15.1 Å². The van der Waals surface area contributed by atoms with Crippen LogP contribution in [-0.4, -0.2) is 17.9 Å². The van der Waals surface area contributed by atoms with Crippen molar-refractivity contribution >= 4 is 11.9 Å². The number of guanidine groups is 1. The third-order valence-corrected chi connectivity index (χ3v) is 1.25. The van der Waals surface area contributed by atoms with Crippen LogP contribution in [0, 0.1) is 0 Å². The molecule has 0 rings (SSSR count). The number of hydrogen-bond donors (Lipinski definition) is 2. The quantitative estimate of drug-likeness (QED) is 0.445. The monoisotopic (exact) mass is 157 g/mol. The second-order valence-electron chi connectivity index (χ2n) is 2.45. The number of carbonyl (C=O) groups is 1. The van der Waals surface area contributed by atoms with E-state index in [0.717, 1.165) is 6.42 Å². The topological polar surface area (TPSA) is 67.5 Å². The highest BCUT2D eigenvalue weighted by atomic mass is 16.1. The summed E-state index contributed by atoms with van der Waals surface area (Å²) in [5, 5.41) is 2.40. The van der Waals surface area contributed by atoms with Gasteiger partial charge in [0.25, 0.3) is 0 Å². The first kappa shape index (κ1) is 9.94. The Morgan fingerprint density at radius 3 is 2.64 bits per heavy atom. The minimum Gasteiger partial charge on any atom is -0.370 e. The zero-order valence-electron chi connectivity index (χ0n) is 7.22. The minimum absolute atomic E-state index is 0.168. The van der Waals surface area contributed by atoms with E-state index < -0.39 is 0 Å². The van der Waals surface area contributed by atoms with Crippen LogP contribution in [0.2, 0.25) is 0 Å². The highest BCUT2D eigenvalue weighted by Crippen LogP contribution is 1.92. The van der Waals surface area contributed by atoms with Crippen molar-refractivity contribution in [3.63, 3.8) is 0 Å². The van der Waals surface area contributed by atoms with Crippen molar-refractivity contribution in [2.75, 3.05) is 0 Å². The number of aliphatic imine (C=N–C) groups is 1. The van der Waals surface area contributed by atoms with Gasteiger partial charge in [0.05, 0.1) is 6.04 Å². The van der Waals surface area contributed by atoms with Crippen molar-refractivity contribution in [3.05, 3.63) is 0 Å². The van der Waals surface area contributed by atoms with Crippen LogP contribution in [0.25, 0.3) is 0 Å². The van der Waals surface area contributed by atoms with E-state index in [-0.39, 0.29) is 17.9 Å². The Labute approximate surface area is 66.9 Å². The first-order valence-electron chi connectivity index (χ1n) is 3.67. The summed E-state index contributed by atoms with van der Waals surface area (Å²) in [7, 11) is 0. The number of amides is 1. The predicted molar refractivity (Wildman–Crippen MR) is 45.2 cm³/mol. The first-order valence-corrected chi connectivity index (χ1v) is 3.67. The lowest BCUT2D eigenvalue weighted by atomic mass is 10.3. The summed E-state index contributed by atoms with van der Waals surface area (Å²) in [6.45, 7) is 5.35. The van der Waals surface area contributed by atoms with Gasteiger partial charge in [0.1, 0.15) is 0 Å². The third kappa shape index (κ3) is 5.39. The summed E-state index contributed by atoms with van der Waals surface area (Å²) in [5.41, 5.74) is 5.37. The highest BCUT2D eigenvalue weighted by Gasteiger charge is 1.97. The van der Waals surface area contributed by atoms with Gasteiger partial charge in [-0.25, -0.2) is 0 Å². The Balaban J connectivity index is 3.89. The molecule has 0 aromatic carbocycles. The average Bonchev–Trinajstić information content (AvgIpc) is 1.85. The molecular weight excluding hydrogens is 142 g/mol. The van der Waals surface area contributed by atoms with Crippen molar-refractivity contribution < 1.29 is 4.79 Å². The summed E-state index contributed by atoms with van der Waals surface area (Å²) in [6.07, 6.45) is 0.917. The maximum atomic E-state index is 10.5. The van der Waals surface area contributed by atoms with E-state index in [1.807, 2.05) is 13.8 Å². The molecule has 0 radical (unpaired) electrons. The van der Waals surface area contributed by atoms with Crippen LogP contribution in [0.4, 0.5) is 0 Å². The normalized spacial score (nSPS) is 14.3. The third-order valence-electron chi connectivity index (χ3n) is 1.25. The van der Waals surface area contributed by atoms with E-state index >= 15 is 0 Å². The van der Waals surface area contributed by atoms with Gasteiger partial charge in [0, 0.05) is 6.92 Å². The van der Waals surface area contributed by atoms with Crippen molar-refractivity contribution in [2.45, 2.75) is 33.2 Å². The predicted octanol–water partition coefficient (Wildman–Crippen LogP) is 0.236. The summed E-state index contributed by atoms with van der Waals surface area (Å²) in [4.78, 5) is 14.5. The molecule has 1 unspecified atom stereocenters. The van der Waals surface area contributed by atoms with E-state index in [9.17, 15) is 4.79 Å². The van der Waals surface area contributed by atoms with Crippen LogP contribution in [0.3, 0.4) is 0 Å². The molecule has 0 heterocycles. The lowest BCUT2D eigenvalue weighted by molar-refractivity contribution is -0.117. The molecule has 0 aromatic heterocycles. The summed E-state index contributed by atoms with van der Waals surface area (Å²) < 4.78 is 0. The van der Waals surface area contributed by atoms with Crippen LogP contribution in [0.5, 0.6) is 0 Å².